The lowest BCUT2D eigenvalue weighted by molar-refractivity contribution is -0.138. The molecule has 7 heteroatoms. The van der Waals surface area contributed by atoms with Crippen molar-refractivity contribution in [3.05, 3.63) is 35.8 Å². The standard InChI is InChI=1S/C14H18N4O3/c1-2-12-15-14(17-16-12)11-8-18(4-6-21-11)13(19)7-10-3-5-20-9-10/h3,5,9,11H,2,4,6-8H2,1H3,(H,15,16,17). The summed E-state index contributed by atoms with van der Waals surface area (Å²) in [4.78, 5) is 18.5. The fourth-order valence-electron chi connectivity index (χ4n) is 2.32. The molecule has 0 spiro atoms. The van der Waals surface area contributed by atoms with E-state index in [1.165, 1.54) is 0 Å². The van der Waals surface area contributed by atoms with Gasteiger partial charge in [0.1, 0.15) is 11.9 Å². The molecule has 2 aromatic heterocycles. The third-order valence-electron chi connectivity index (χ3n) is 3.53. The van der Waals surface area contributed by atoms with Crippen LogP contribution in [0.5, 0.6) is 0 Å². The lowest BCUT2D eigenvalue weighted by Crippen LogP contribution is -2.43. The fourth-order valence-corrected chi connectivity index (χ4v) is 2.32. The predicted molar refractivity (Wildman–Crippen MR) is 73.4 cm³/mol. The molecular weight excluding hydrogens is 272 g/mol. The van der Waals surface area contributed by atoms with Gasteiger partial charge in [-0.2, -0.15) is 5.10 Å². The summed E-state index contributed by atoms with van der Waals surface area (Å²) in [6.07, 6.45) is 4.05. The third-order valence-corrected chi connectivity index (χ3v) is 3.53. The van der Waals surface area contributed by atoms with Crippen LogP contribution >= 0.6 is 0 Å². The van der Waals surface area contributed by atoms with Gasteiger partial charge < -0.3 is 14.1 Å². The number of carbonyl (C=O) groups is 1. The first kappa shape index (κ1) is 13.8. The highest BCUT2D eigenvalue weighted by Gasteiger charge is 2.28. The number of amides is 1. The maximum absolute atomic E-state index is 12.3. The zero-order valence-corrected chi connectivity index (χ0v) is 11.9. The van der Waals surface area contributed by atoms with Gasteiger partial charge in [-0.3, -0.25) is 9.89 Å². The molecule has 0 bridgehead atoms. The molecule has 1 N–H and O–H groups in total. The maximum atomic E-state index is 12.3. The van der Waals surface area contributed by atoms with Crippen molar-refractivity contribution in [1.29, 1.82) is 0 Å². The number of nitrogens with one attached hydrogen (secondary N) is 1. The number of aromatic amines is 1. The molecule has 1 unspecified atom stereocenters. The number of carbonyl (C=O) groups excluding carboxylic acids is 1. The van der Waals surface area contributed by atoms with E-state index < -0.39 is 0 Å². The molecule has 2 aromatic rings. The molecule has 3 rings (SSSR count). The molecule has 0 radical (unpaired) electrons. The number of aryl methyl sites for hydroxylation is 1. The highest BCUT2D eigenvalue weighted by molar-refractivity contribution is 5.78. The minimum atomic E-state index is -0.261. The molecule has 1 aliphatic heterocycles. The van der Waals surface area contributed by atoms with E-state index in [2.05, 4.69) is 15.2 Å². The number of nitrogens with zero attached hydrogens (tertiary/aromatic N) is 3. The van der Waals surface area contributed by atoms with Gasteiger partial charge in [0.2, 0.25) is 5.91 Å². The Balaban J connectivity index is 1.63. The van der Waals surface area contributed by atoms with E-state index in [1.54, 1.807) is 23.5 Å². The number of hydrogen-bond donors (Lipinski definition) is 1. The molecule has 1 aliphatic rings. The Hall–Kier alpha value is -2.15. The second-order valence-corrected chi connectivity index (χ2v) is 5.00. The summed E-state index contributed by atoms with van der Waals surface area (Å²) in [6, 6.07) is 1.80. The molecule has 0 saturated carbocycles. The SMILES string of the molecule is CCc1nc(C2CN(C(=O)Cc3ccoc3)CCO2)n[nH]1. The molecule has 1 amide bonds. The highest BCUT2D eigenvalue weighted by Crippen LogP contribution is 2.20. The number of rotatable bonds is 4. The third kappa shape index (κ3) is 3.13. The molecule has 1 saturated heterocycles. The van der Waals surface area contributed by atoms with Crippen molar-refractivity contribution >= 4 is 5.91 Å². The number of hydrogen-bond acceptors (Lipinski definition) is 5. The van der Waals surface area contributed by atoms with Crippen molar-refractivity contribution in [1.82, 2.24) is 20.1 Å². The predicted octanol–water partition coefficient (Wildman–Crippen LogP) is 1.10. The van der Waals surface area contributed by atoms with Crippen LogP contribution in [0.1, 0.15) is 30.2 Å². The second-order valence-electron chi connectivity index (χ2n) is 5.00. The van der Waals surface area contributed by atoms with Crippen molar-refractivity contribution in [3.8, 4) is 0 Å². The van der Waals surface area contributed by atoms with Crippen LogP contribution in [0.25, 0.3) is 0 Å². The van der Waals surface area contributed by atoms with Gasteiger partial charge in [0.05, 0.1) is 32.1 Å². The summed E-state index contributed by atoms with van der Waals surface area (Å²) in [6.45, 7) is 3.58. The molecule has 1 atom stereocenters. The smallest absolute Gasteiger partial charge is 0.227 e. The van der Waals surface area contributed by atoms with Crippen LogP contribution in [-0.2, 0) is 22.4 Å². The Bertz CT molecular complexity index is 593. The first-order chi connectivity index (χ1) is 10.3. The van der Waals surface area contributed by atoms with Gasteiger partial charge in [0, 0.05) is 13.0 Å². The van der Waals surface area contributed by atoms with Gasteiger partial charge in [-0.05, 0) is 11.6 Å². The second kappa shape index (κ2) is 6.09. The Labute approximate surface area is 122 Å². The lowest BCUT2D eigenvalue weighted by atomic mass is 10.2. The first-order valence-corrected chi connectivity index (χ1v) is 7.08. The maximum Gasteiger partial charge on any atom is 0.227 e. The molecule has 0 aliphatic carbocycles. The molecule has 1 fully saturated rings. The minimum absolute atomic E-state index is 0.0657. The van der Waals surface area contributed by atoms with E-state index in [-0.39, 0.29) is 12.0 Å². The lowest BCUT2D eigenvalue weighted by Gasteiger charge is -2.31. The number of H-pyrrole nitrogens is 1. The van der Waals surface area contributed by atoms with Gasteiger partial charge in [0.15, 0.2) is 5.82 Å². The Kier molecular flexibility index (Phi) is 4.01. The van der Waals surface area contributed by atoms with Crippen LogP contribution in [-0.4, -0.2) is 45.7 Å². The normalized spacial score (nSPS) is 18.9. The van der Waals surface area contributed by atoms with Gasteiger partial charge in [-0.25, -0.2) is 4.98 Å². The average molecular weight is 290 g/mol. The topological polar surface area (TPSA) is 84.2 Å². The average Bonchev–Trinajstić information content (AvgIpc) is 3.18. The van der Waals surface area contributed by atoms with E-state index in [9.17, 15) is 4.79 Å². The van der Waals surface area contributed by atoms with Crippen LogP contribution in [0.4, 0.5) is 0 Å². The fraction of sp³-hybridized carbons (Fsp3) is 0.500. The van der Waals surface area contributed by atoms with Gasteiger partial charge in [-0.15, -0.1) is 0 Å². The number of ether oxygens (including phenoxy) is 1. The van der Waals surface area contributed by atoms with Crippen LogP contribution in [0, 0.1) is 0 Å². The van der Waals surface area contributed by atoms with E-state index in [0.29, 0.717) is 31.9 Å². The molecule has 7 nitrogen and oxygen atoms in total. The van der Waals surface area contributed by atoms with Gasteiger partial charge in [-0.1, -0.05) is 6.92 Å². The van der Waals surface area contributed by atoms with E-state index in [4.69, 9.17) is 9.15 Å². The summed E-state index contributed by atoms with van der Waals surface area (Å²) < 4.78 is 10.7. The number of morpholine rings is 1. The Morgan fingerprint density at radius 2 is 2.48 bits per heavy atom. The largest absolute Gasteiger partial charge is 0.472 e. The zero-order valence-electron chi connectivity index (χ0n) is 11.9. The quantitative estimate of drug-likeness (QED) is 0.911. The summed E-state index contributed by atoms with van der Waals surface area (Å²) in [7, 11) is 0. The summed E-state index contributed by atoms with van der Waals surface area (Å²) in [5.41, 5.74) is 0.884. The molecule has 3 heterocycles. The first-order valence-electron chi connectivity index (χ1n) is 7.08. The molecular formula is C14H18N4O3. The number of aromatic nitrogens is 3. The van der Waals surface area contributed by atoms with E-state index in [0.717, 1.165) is 17.8 Å². The highest BCUT2D eigenvalue weighted by atomic mass is 16.5. The van der Waals surface area contributed by atoms with E-state index in [1.807, 2.05) is 6.92 Å². The molecule has 0 aromatic carbocycles. The Morgan fingerprint density at radius 3 is 3.19 bits per heavy atom. The van der Waals surface area contributed by atoms with Crippen molar-refractivity contribution in [2.24, 2.45) is 0 Å². The zero-order chi connectivity index (χ0) is 14.7. The summed E-state index contributed by atoms with van der Waals surface area (Å²) in [5, 5.41) is 7.04. The van der Waals surface area contributed by atoms with Crippen molar-refractivity contribution in [2.75, 3.05) is 19.7 Å². The van der Waals surface area contributed by atoms with Gasteiger partial charge in [0.25, 0.3) is 0 Å². The van der Waals surface area contributed by atoms with Crippen LogP contribution in [0.2, 0.25) is 0 Å². The van der Waals surface area contributed by atoms with Crippen LogP contribution in [0.3, 0.4) is 0 Å². The number of furan rings is 1. The Morgan fingerprint density at radius 1 is 1.57 bits per heavy atom. The van der Waals surface area contributed by atoms with Gasteiger partial charge >= 0.3 is 0 Å². The van der Waals surface area contributed by atoms with Crippen molar-refractivity contribution in [2.45, 2.75) is 25.9 Å². The van der Waals surface area contributed by atoms with Crippen molar-refractivity contribution < 1.29 is 13.9 Å². The molecule has 21 heavy (non-hydrogen) atoms. The summed E-state index contributed by atoms with van der Waals surface area (Å²) >= 11 is 0. The van der Waals surface area contributed by atoms with Crippen molar-refractivity contribution in [3.63, 3.8) is 0 Å². The van der Waals surface area contributed by atoms with Crippen LogP contribution < -0.4 is 0 Å². The summed E-state index contributed by atoms with van der Waals surface area (Å²) in [5.74, 6) is 1.51. The minimum Gasteiger partial charge on any atom is -0.472 e. The molecule has 112 valence electrons. The monoisotopic (exact) mass is 290 g/mol. The van der Waals surface area contributed by atoms with E-state index >= 15 is 0 Å². The van der Waals surface area contributed by atoms with Crippen LogP contribution in [0.15, 0.2) is 23.0 Å².